The predicted octanol–water partition coefficient (Wildman–Crippen LogP) is 3.39. The van der Waals surface area contributed by atoms with Gasteiger partial charge in [0.15, 0.2) is 16.1 Å². The third-order valence-electron chi connectivity index (χ3n) is 7.26. The minimum atomic E-state index is -3.26. The van der Waals surface area contributed by atoms with Crippen molar-refractivity contribution in [2.24, 2.45) is 5.41 Å². The van der Waals surface area contributed by atoms with E-state index >= 15 is 0 Å². The summed E-state index contributed by atoms with van der Waals surface area (Å²) in [7, 11) is -1.68. The molecule has 2 unspecified atom stereocenters. The van der Waals surface area contributed by atoms with E-state index in [-0.39, 0.29) is 30.3 Å². The first-order valence-corrected chi connectivity index (χ1v) is 15.8. The molecule has 1 fully saturated rings. The summed E-state index contributed by atoms with van der Waals surface area (Å²) in [6.07, 6.45) is -1.60. The third kappa shape index (κ3) is 8.41. The van der Waals surface area contributed by atoms with E-state index in [1.165, 1.54) is 6.26 Å². The average Bonchev–Trinajstić information content (AvgIpc) is 2.99. The van der Waals surface area contributed by atoms with Gasteiger partial charge in [-0.05, 0) is 47.4 Å². The van der Waals surface area contributed by atoms with Crippen molar-refractivity contribution in [2.45, 2.75) is 50.2 Å². The number of benzene rings is 3. The maximum absolute atomic E-state index is 13.0. The molecule has 43 heavy (non-hydrogen) atoms. The maximum Gasteiger partial charge on any atom is 0.249 e. The molecule has 0 spiro atoms. The summed E-state index contributed by atoms with van der Waals surface area (Å²) in [5.74, 6) is -0.187. The Morgan fingerprint density at radius 2 is 1.58 bits per heavy atom. The molecule has 0 aliphatic carbocycles. The van der Waals surface area contributed by atoms with Crippen LogP contribution in [0.15, 0.2) is 77.7 Å². The summed E-state index contributed by atoms with van der Waals surface area (Å²) < 4.78 is 40.4. The normalized spacial score (nSPS) is 18.8. The van der Waals surface area contributed by atoms with E-state index < -0.39 is 39.7 Å². The second-order valence-electron chi connectivity index (χ2n) is 11.2. The zero-order chi connectivity index (χ0) is 31.2. The van der Waals surface area contributed by atoms with Gasteiger partial charge in [0.2, 0.25) is 11.8 Å². The third-order valence-corrected chi connectivity index (χ3v) is 8.39. The summed E-state index contributed by atoms with van der Waals surface area (Å²) in [6, 6.07) is 21.3. The number of nitrogens with one attached hydrogen (secondary N) is 2. The van der Waals surface area contributed by atoms with E-state index in [1.807, 2.05) is 50.2 Å². The number of amides is 2. The number of aliphatic hydroxyl groups excluding tert-OH is 1. The summed E-state index contributed by atoms with van der Waals surface area (Å²) in [4.78, 5) is 25.8. The van der Waals surface area contributed by atoms with Crippen molar-refractivity contribution in [1.29, 1.82) is 0 Å². The summed E-state index contributed by atoms with van der Waals surface area (Å²) in [5, 5.41) is 15.8. The van der Waals surface area contributed by atoms with Crippen LogP contribution < -0.4 is 15.4 Å². The quantitative estimate of drug-likeness (QED) is 0.300. The Morgan fingerprint density at radius 3 is 2.16 bits per heavy atom. The van der Waals surface area contributed by atoms with Gasteiger partial charge in [-0.1, -0.05) is 62.4 Å². The molecular formula is C32H38N2O8S. The highest BCUT2D eigenvalue weighted by atomic mass is 32.2. The van der Waals surface area contributed by atoms with Crippen LogP contribution in [-0.4, -0.2) is 64.1 Å². The van der Waals surface area contributed by atoms with Gasteiger partial charge >= 0.3 is 0 Å². The monoisotopic (exact) mass is 610 g/mol. The molecule has 2 amide bonds. The molecule has 4 rings (SSSR count). The lowest BCUT2D eigenvalue weighted by Crippen LogP contribution is -2.52. The van der Waals surface area contributed by atoms with Gasteiger partial charge in [-0.15, -0.1) is 0 Å². The van der Waals surface area contributed by atoms with Gasteiger partial charge in [-0.2, -0.15) is 0 Å². The number of hydrogen-bond donors (Lipinski definition) is 3. The molecule has 3 N–H and O–H groups in total. The molecule has 1 aliphatic heterocycles. The molecule has 3 aromatic carbocycles. The van der Waals surface area contributed by atoms with Crippen molar-refractivity contribution >= 4 is 21.7 Å². The van der Waals surface area contributed by atoms with Gasteiger partial charge in [-0.3, -0.25) is 9.59 Å². The Bertz CT molecular complexity index is 1500. The first-order valence-electron chi connectivity index (χ1n) is 13.9. The fourth-order valence-corrected chi connectivity index (χ4v) is 5.27. The van der Waals surface area contributed by atoms with Crippen LogP contribution in [0.1, 0.15) is 37.7 Å². The molecule has 0 saturated carbocycles. The second-order valence-corrected chi connectivity index (χ2v) is 13.2. The molecule has 3 aromatic rings. The Kier molecular flexibility index (Phi) is 10.2. The molecule has 230 valence electrons. The highest BCUT2D eigenvalue weighted by Crippen LogP contribution is 2.37. The van der Waals surface area contributed by atoms with E-state index in [4.69, 9.17) is 14.2 Å². The number of rotatable bonds is 11. The summed E-state index contributed by atoms with van der Waals surface area (Å²) in [6.45, 7) is 4.37. The minimum Gasteiger partial charge on any atom is -0.497 e. The van der Waals surface area contributed by atoms with Crippen molar-refractivity contribution in [3.63, 3.8) is 0 Å². The zero-order valence-corrected chi connectivity index (χ0v) is 25.5. The lowest BCUT2D eigenvalue weighted by atomic mass is 9.85. The van der Waals surface area contributed by atoms with Crippen molar-refractivity contribution in [3.8, 4) is 16.9 Å². The van der Waals surface area contributed by atoms with Gasteiger partial charge in [0.25, 0.3) is 0 Å². The van der Waals surface area contributed by atoms with Crippen molar-refractivity contribution in [2.75, 3.05) is 26.5 Å². The number of methoxy groups -OCH3 is 1. The highest BCUT2D eigenvalue weighted by Gasteiger charge is 2.43. The van der Waals surface area contributed by atoms with E-state index in [0.717, 1.165) is 22.3 Å². The standard InChI is InChI=1S/C32H38N2O8S/c1-32(2)20-41-31(24-9-13-25(40-3)14-10-24)42-28(32)30(37)33-18-17-27(35)29(36)34-19-21-5-7-22(8-6-21)23-11-15-26(16-12-23)43(4,38)39/h5-16,27-28,31,35H,17-20H2,1-4H3,(H,33,37)(H,34,36)/t27?,28-,31?/m0/s1. The Hall–Kier alpha value is -3.77. The number of carbonyl (C=O) groups excluding carboxylic acids is 2. The molecule has 11 heteroatoms. The van der Waals surface area contributed by atoms with Gasteiger partial charge < -0.3 is 30.0 Å². The fraction of sp³-hybridized carbons (Fsp3) is 0.375. The topological polar surface area (TPSA) is 140 Å². The van der Waals surface area contributed by atoms with Crippen LogP contribution in [-0.2, 0) is 35.4 Å². The molecule has 10 nitrogen and oxygen atoms in total. The molecule has 1 saturated heterocycles. The zero-order valence-electron chi connectivity index (χ0n) is 24.7. The van der Waals surface area contributed by atoms with Crippen LogP contribution in [0.5, 0.6) is 5.75 Å². The Balaban J connectivity index is 1.23. The van der Waals surface area contributed by atoms with Crippen molar-refractivity contribution < 1.29 is 37.3 Å². The van der Waals surface area contributed by atoms with E-state index in [9.17, 15) is 23.1 Å². The average molecular weight is 611 g/mol. The summed E-state index contributed by atoms with van der Waals surface area (Å²) in [5.41, 5.74) is 2.77. The maximum atomic E-state index is 13.0. The smallest absolute Gasteiger partial charge is 0.249 e. The minimum absolute atomic E-state index is 0.0333. The van der Waals surface area contributed by atoms with Crippen molar-refractivity contribution in [3.05, 3.63) is 83.9 Å². The van der Waals surface area contributed by atoms with Crippen LogP contribution >= 0.6 is 0 Å². The van der Waals surface area contributed by atoms with Gasteiger partial charge in [0.1, 0.15) is 18.0 Å². The number of sulfone groups is 1. The van der Waals surface area contributed by atoms with E-state index in [0.29, 0.717) is 12.4 Å². The van der Waals surface area contributed by atoms with Gasteiger partial charge in [0.05, 0.1) is 18.6 Å². The van der Waals surface area contributed by atoms with Crippen LogP contribution in [0.4, 0.5) is 0 Å². The van der Waals surface area contributed by atoms with Crippen LogP contribution in [0.25, 0.3) is 11.1 Å². The molecule has 0 radical (unpaired) electrons. The number of ether oxygens (including phenoxy) is 3. The van der Waals surface area contributed by atoms with Gasteiger partial charge in [-0.25, -0.2) is 8.42 Å². The summed E-state index contributed by atoms with van der Waals surface area (Å²) >= 11 is 0. The molecule has 0 aromatic heterocycles. The highest BCUT2D eigenvalue weighted by molar-refractivity contribution is 7.90. The Morgan fingerprint density at radius 1 is 0.977 bits per heavy atom. The fourth-order valence-electron chi connectivity index (χ4n) is 4.64. The second kappa shape index (κ2) is 13.7. The Labute approximate surface area is 252 Å². The van der Waals surface area contributed by atoms with Crippen molar-refractivity contribution in [1.82, 2.24) is 10.6 Å². The lowest BCUT2D eigenvalue weighted by molar-refractivity contribution is -0.258. The van der Waals surface area contributed by atoms with Gasteiger partial charge in [0, 0.05) is 30.3 Å². The molecule has 3 atom stereocenters. The molecule has 1 aliphatic rings. The predicted molar refractivity (Wildman–Crippen MR) is 161 cm³/mol. The number of aliphatic hydroxyl groups is 1. The largest absolute Gasteiger partial charge is 0.497 e. The molecule has 0 bridgehead atoms. The number of hydrogen-bond acceptors (Lipinski definition) is 8. The SMILES string of the molecule is COc1ccc(C2OCC(C)(C)[C@H](C(=O)NCCC(O)C(=O)NCc3ccc(-c4ccc(S(C)(=O)=O)cc4)cc3)O2)cc1. The first kappa shape index (κ1) is 32.2. The van der Waals surface area contributed by atoms with E-state index in [2.05, 4.69) is 10.6 Å². The molecular weight excluding hydrogens is 572 g/mol. The van der Waals surface area contributed by atoms with Crippen LogP contribution in [0, 0.1) is 5.41 Å². The lowest BCUT2D eigenvalue weighted by Gasteiger charge is -2.41. The first-order chi connectivity index (χ1) is 20.4. The molecule has 1 heterocycles. The van der Waals surface area contributed by atoms with Crippen LogP contribution in [0.3, 0.4) is 0 Å². The number of carbonyl (C=O) groups is 2. The van der Waals surface area contributed by atoms with E-state index in [1.54, 1.807) is 43.5 Å². The van der Waals surface area contributed by atoms with Crippen LogP contribution in [0.2, 0.25) is 0 Å².